The van der Waals surface area contributed by atoms with Crippen molar-refractivity contribution in [2.45, 2.75) is 31.7 Å². The van der Waals surface area contributed by atoms with Crippen molar-refractivity contribution >= 4 is 29.0 Å². The standard InChI is InChI=1S/C32H40F4N8O3/c1-21-17-24(32(34,35)36)23(18-37)30(38-21)39-26-10-12-44(29-25(33)7-5-8-27(29)41(4)31(26)47)20-22(45)19-42-13-15-43(16-14-42)28(46)9-6-11-40(2)3/h5-9,17,22,26,45H,10-16,19-20H2,1-4H3,(H,38,39)/b9-6+/t22-,26-/m0/s1. The number of pyridine rings is 1. The smallest absolute Gasteiger partial charge is 0.390 e. The number of hydrogen-bond donors (Lipinski definition) is 2. The van der Waals surface area contributed by atoms with Gasteiger partial charge in [0.1, 0.15) is 29.3 Å². The molecule has 4 rings (SSSR count). The molecule has 1 saturated heterocycles. The van der Waals surface area contributed by atoms with Crippen molar-refractivity contribution in [1.29, 1.82) is 5.26 Å². The zero-order valence-corrected chi connectivity index (χ0v) is 26.9. The third-order valence-electron chi connectivity index (χ3n) is 8.15. The van der Waals surface area contributed by atoms with Crippen LogP contribution < -0.4 is 15.1 Å². The number of rotatable bonds is 9. The van der Waals surface area contributed by atoms with Gasteiger partial charge < -0.3 is 30.0 Å². The molecular formula is C32H40F4N8O3. The summed E-state index contributed by atoms with van der Waals surface area (Å²) >= 11 is 0. The monoisotopic (exact) mass is 660 g/mol. The lowest BCUT2D eigenvalue weighted by Crippen LogP contribution is -2.52. The number of nitrogens with zero attached hydrogens (tertiary/aromatic N) is 7. The van der Waals surface area contributed by atoms with E-state index >= 15 is 4.39 Å². The quantitative estimate of drug-likeness (QED) is 0.309. The zero-order chi connectivity index (χ0) is 34.5. The van der Waals surface area contributed by atoms with E-state index in [4.69, 9.17) is 0 Å². The highest BCUT2D eigenvalue weighted by Crippen LogP contribution is 2.37. The van der Waals surface area contributed by atoms with Crippen molar-refractivity contribution in [2.24, 2.45) is 0 Å². The Hall–Kier alpha value is -4.26. The van der Waals surface area contributed by atoms with E-state index in [-0.39, 0.29) is 54.8 Å². The third kappa shape index (κ3) is 8.76. The number of fused-ring (bicyclic) bond motifs is 1. The maximum absolute atomic E-state index is 15.4. The number of para-hydroxylation sites is 1. The molecule has 2 aliphatic rings. The molecule has 1 fully saturated rings. The first-order valence-corrected chi connectivity index (χ1v) is 15.3. The van der Waals surface area contributed by atoms with Crippen LogP contribution in [0.3, 0.4) is 0 Å². The molecule has 11 nitrogen and oxygen atoms in total. The Morgan fingerprint density at radius 3 is 2.55 bits per heavy atom. The topological polar surface area (TPSA) is 119 Å². The predicted molar refractivity (Wildman–Crippen MR) is 169 cm³/mol. The maximum Gasteiger partial charge on any atom is 0.417 e. The number of piperazine rings is 1. The van der Waals surface area contributed by atoms with Gasteiger partial charge >= 0.3 is 6.18 Å². The molecule has 3 heterocycles. The number of benzene rings is 1. The minimum absolute atomic E-state index is 0.000531. The fraction of sp³-hybridized carbons (Fsp3) is 0.500. The van der Waals surface area contributed by atoms with Crippen LogP contribution in [0, 0.1) is 24.1 Å². The first kappa shape index (κ1) is 35.6. The predicted octanol–water partition coefficient (Wildman–Crippen LogP) is 2.70. The highest BCUT2D eigenvalue weighted by molar-refractivity contribution is 6.01. The van der Waals surface area contributed by atoms with E-state index in [2.05, 4.69) is 10.3 Å². The number of nitriles is 1. The molecule has 2 amide bonds. The van der Waals surface area contributed by atoms with Crippen LogP contribution in [0.4, 0.5) is 34.8 Å². The Labute approximate surface area is 271 Å². The van der Waals surface area contributed by atoms with Crippen LogP contribution in [-0.4, -0.2) is 122 Å². The summed E-state index contributed by atoms with van der Waals surface area (Å²) in [7, 11) is 5.26. The summed E-state index contributed by atoms with van der Waals surface area (Å²) in [5.74, 6) is -1.60. The molecule has 47 heavy (non-hydrogen) atoms. The van der Waals surface area contributed by atoms with Crippen molar-refractivity contribution < 1.29 is 32.3 Å². The van der Waals surface area contributed by atoms with Gasteiger partial charge in [0.25, 0.3) is 0 Å². The molecule has 15 heteroatoms. The van der Waals surface area contributed by atoms with Gasteiger partial charge in [0, 0.05) is 71.2 Å². The van der Waals surface area contributed by atoms with Crippen LogP contribution in [0.2, 0.25) is 0 Å². The fourth-order valence-corrected chi connectivity index (χ4v) is 5.79. The van der Waals surface area contributed by atoms with Crippen molar-refractivity contribution in [3.05, 3.63) is 59.1 Å². The van der Waals surface area contributed by atoms with Crippen LogP contribution in [0.1, 0.15) is 23.2 Å². The van der Waals surface area contributed by atoms with E-state index < -0.39 is 41.2 Å². The average molecular weight is 661 g/mol. The number of hydrogen-bond acceptors (Lipinski definition) is 9. The molecule has 2 aliphatic heterocycles. The minimum Gasteiger partial charge on any atom is -0.390 e. The van der Waals surface area contributed by atoms with E-state index in [1.54, 1.807) is 28.0 Å². The first-order chi connectivity index (χ1) is 22.2. The number of aliphatic hydroxyl groups excluding tert-OH is 1. The second kappa shape index (κ2) is 15.1. The van der Waals surface area contributed by atoms with Crippen LogP contribution >= 0.6 is 0 Å². The largest absolute Gasteiger partial charge is 0.417 e. The molecular weight excluding hydrogens is 620 g/mol. The van der Waals surface area contributed by atoms with Gasteiger partial charge in [-0.1, -0.05) is 12.1 Å². The van der Waals surface area contributed by atoms with Crippen LogP contribution in [-0.2, 0) is 15.8 Å². The molecule has 0 spiro atoms. The van der Waals surface area contributed by atoms with Crippen LogP contribution in [0.15, 0.2) is 36.4 Å². The molecule has 2 N–H and O–H groups in total. The number of halogens is 4. The lowest BCUT2D eigenvalue weighted by atomic mass is 10.0. The van der Waals surface area contributed by atoms with Crippen molar-refractivity contribution in [3.63, 3.8) is 0 Å². The maximum atomic E-state index is 15.4. The normalized spacial score (nSPS) is 18.6. The van der Waals surface area contributed by atoms with E-state index in [1.165, 1.54) is 31.0 Å². The number of nitrogens with one attached hydrogen (secondary N) is 1. The summed E-state index contributed by atoms with van der Waals surface area (Å²) in [4.78, 5) is 38.7. The van der Waals surface area contributed by atoms with Gasteiger partial charge in [0.15, 0.2) is 0 Å². The van der Waals surface area contributed by atoms with Crippen LogP contribution in [0.5, 0.6) is 0 Å². The molecule has 0 saturated carbocycles. The molecule has 2 atom stereocenters. The number of carbonyl (C=O) groups is 2. The Kier molecular flexibility index (Phi) is 11.4. The Bertz CT molecular complexity index is 1520. The van der Waals surface area contributed by atoms with Gasteiger partial charge in [-0.05, 0) is 45.6 Å². The van der Waals surface area contributed by atoms with E-state index in [0.717, 1.165) is 6.07 Å². The Morgan fingerprint density at radius 1 is 1.21 bits per heavy atom. The Balaban J connectivity index is 1.50. The summed E-state index contributed by atoms with van der Waals surface area (Å²) < 4.78 is 56.5. The Morgan fingerprint density at radius 2 is 1.91 bits per heavy atom. The number of amides is 2. The fourth-order valence-electron chi connectivity index (χ4n) is 5.79. The molecule has 0 bridgehead atoms. The second-order valence-electron chi connectivity index (χ2n) is 12.0. The number of carbonyl (C=O) groups excluding carboxylic acids is 2. The summed E-state index contributed by atoms with van der Waals surface area (Å²) in [6.45, 7) is 4.40. The van der Waals surface area contributed by atoms with Crippen molar-refractivity contribution in [1.82, 2.24) is 19.7 Å². The van der Waals surface area contributed by atoms with Crippen molar-refractivity contribution in [2.75, 3.05) is 88.6 Å². The molecule has 2 aromatic rings. The average Bonchev–Trinajstić information content (AvgIpc) is 3.00. The van der Waals surface area contributed by atoms with Gasteiger partial charge in [-0.2, -0.15) is 18.4 Å². The summed E-state index contributed by atoms with van der Waals surface area (Å²) in [6, 6.07) is 5.48. The lowest BCUT2D eigenvalue weighted by molar-refractivity contribution is -0.137. The first-order valence-electron chi connectivity index (χ1n) is 15.3. The molecule has 1 aromatic heterocycles. The number of anilines is 3. The number of aromatic nitrogens is 1. The number of aliphatic hydroxyl groups is 1. The number of aryl methyl sites for hydroxylation is 1. The van der Waals surface area contributed by atoms with E-state index in [0.29, 0.717) is 32.7 Å². The number of β-amino-alcohol motifs (C(OH)–C–C–N with tert-alkyl or cyclic N) is 1. The molecule has 0 unspecified atom stereocenters. The lowest BCUT2D eigenvalue weighted by Gasteiger charge is -2.38. The van der Waals surface area contributed by atoms with Crippen LogP contribution in [0.25, 0.3) is 0 Å². The molecule has 0 aliphatic carbocycles. The summed E-state index contributed by atoms with van der Waals surface area (Å²) in [5.41, 5.74) is -1.55. The summed E-state index contributed by atoms with van der Waals surface area (Å²) in [5, 5.41) is 23.5. The van der Waals surface area contributed by atoms with Gasteiger partial charge in [-0.25, -0.2) is 9.37 Å². The van der Waals surface area contributed by atoms with Gasteiger partial charge in [0.05, 0.1) is 23.0 Å². The van der Waals surface area contributed by atoms with Gasteiger partial charge in [-0.3, -0.25) is 14.5 Å². The molecule has 1 aromatic carbocycles. The SMILES string of the molecule is Cc1cc(C(F)(F)F)c(C#N)c(N[C@H]2CCN(C[C@@H](O)CN3CCN(C(=O)/C=C/CN(C)C)CC3)c3c(F)cccc3N(C)C2=O)n1. The van der Waals surface area contributed by atoms with E-state index in [1.807, 2.05) is 30.0 Å². The second-order valence-corrected chi connectivity index (χ2v) is 12.0. The summed E-state index contributed by atoms with van der Waals surface area (Å²) in [6.07, 6.45) is -2.37. The number of likely N-dealkylation sites (N-methyl/N-ethyl adjacent to an activating group) is 2. The minimum atomic E-state index is -4.81. The van der Waals surface area contributed by atoms with Gasteiger partial charge in [0.2, 0.25) is 11.8 Å². The molecule has 254 valence electrons. The molecule has 0 radical (unpaired) electrons. The number of alkyl halides is 3. The van der Waals surface area contributed by atoms with Crippen molar-refractivity contribution in [3.8, 4) is 6.07 Å². The third-order valence-corrected chi connectivity index (χ3v) is 8.15. The highest BCUT2D eigenvalue weighted by Gasteiger charge is 2.37. The van der Waals surface area contributed by atoms with E-state index in [9.17, 15) is 33.1 Å². The highest BCUT2D eigenvalue weighted by atomic mass is 19.4. The van der Waals surface area contributed by atoms with Gasteiger partial charge in [-0.15, -0.1) is 0 Å². The zero-order valence-electron chi connectivity index (χ0n) is 26.9.